The Hall–Kier alpha value is -3.20. The minimum atomic E-state index is -0.212. The molecule has 3 heterocycles. The first-order valence-corrected chi connectivity index (χ1v) is 11.2. The van der Waals surface area contributed by atoms with Crippen molar-refractivity contribution in [2.24, 2.45) is 0 Å². The number of carbonyl (C=O) groups is 2. The van der Waals surface area contributed by atoms with E-state index in [-0.39, 0.29) is 31.4 Å². The molecule has 0 bridgehead atoms. The largest absolute Gasteiger partial charge is 0.464 e. The Morgan fingerprint density at radius 1 is 1.03 bits per heavy atom. The average molecular weight is 458 g/mol. The van der Waals surface area contributed by atoms with Crippen LogP contribution in [0.25, 0.3) is 0 Å². The third kappa shape index (κ3) is 5.78. The zero-order valence-corrected chi connectivity index (χ0v) is 19.4. The monoisotopic (exact) mass is 457 g/mol. The zero-order valence-electron chi connectivity index (χ0n) is 19.4. The van der Waals surface area contributed by atoms with Crippen molar-refractivity contribution in [1.29, 1.82) is 0 Å². The number of aryl methyl sites for hydroxylation is 1. The lowest BCUT2D eigenvalue weighted by atomic mass is 10.1. The third-order valence-corrected chi connectivity index (χ3v) is 5.73. The smallest absolute Gasteiger partial charge is 0.320 e. The predicted molar refractivity (Wildman–Crippen MR) is 120 cm³/mol. The van der Waals surface area contributed by atoms with Crippen molar-refractivity contribution >= 4 is 11.9 Å². The van der Waals surface area contributed by atoms with E-state index in [1.165, 1.54) is 4.90 Å². The average Bonchev–Trinajstić information content (AvgIpc) is 3.54. The van der Waals surface area contributed by atoms with Crippen molar-refractivity contribution in [1.82, 2.24) is 14.7 Å². The second kappa shape index (κ2) is 10.2. The molecule has 2 aromatic rings. The molecule has 178 valence electrons. The molecular formula is C24H31N3O6. The van der Waals surface area contributed by atoms with Gasteiger partial charge < -0.3 is 33.3 Å². The molecule has 1 saturated heterocycles. The molecule has 2 aliphatic rings. The van der Waals surface area contributed by atoms with Crippen molar-refractivity contribution in [3.05, 3.63) is 47.4 Å². The molecule has 4 rings (SSSR count). The molecule has 1 atom stereocenters. The highest BCUT2D eigenvalue weighted by Gasteiger charge is 2.28. The quantitative estimate of drug-likeness (QED) is 0.606. The van der Waals surface area contributed by atoms with Crippen LogP contribution in [-0.4, -0.2) is 73.3 Å². The highest BCUT2D eigenvalue weighted by molar-refractivity contribution is 5.84. The van der Waals surface area contributed by atoms with Crippen molar-refractivity contribution in [3.8, 4) is 11.5 Å². The number of benzene rings is 1. The number of amides is 3. The van der Waals surface area contributed by atoms with Gasteiger partial charge in [-0.05, 0) is 49.6 Å². The second-order valence-electron chi connectivity index (χ2n) is 8.64. The predicted octanol–water partition coefficient (Wildman–Crippen LogP) is 3.01. The summed E-state index contributed by atoms with van der Waals surface area (Å²) in [5, 5.41) is 0. The SMILES string of the molecule is Cc1ccc(CN(Cc2ccc3c(c2)OCO3)C(=O)CN(CC2CCCO2)C(=O)N(C)C)o1. The summed E-state index contributed by atoms with van der Waals surface area (Å²) in [5.74, 6) is 2.65. The molecule has 3 amide bonds. The van der Waals surface area contributed by atoms with Gasteiger partial charge in [-0.15, -0.1) is 0 Å². The minimum absolute atomic E-state index is 0.0406. The summed E-state index contributed by atoms with van der Waals surface area (Å²) in [5.41, 5.74) is 0.903. The van der Waals surface area contributed by atoms with Gasteiger partial charge >= 0.3 is 6.03 Å². The molecule has 1 aromatic heterocycles. The highest BCUT2D eigenvalue weighted by atomic mass is 16.7. The maximum Gasteiger partial charge on any atom is 0.320 e. The van der Waals surface area contributed by atoms with Gasteiger partial charge in [0.15, 0.2) is 11.5 Å². The van der Waals surface area contributed by atoms with Crippen LogP contribution >= 0.6 is 0 Å². The van der Waals surface area contributed by atoms with Crippen LogP contribution in [0.2, 0.25) is 0 Å². The van der Waals surface area contributed by atoms with Crippen LogP contribution in [0.15, 0.2) is 34.7 Å². The number of rotatable bonds is 8. The highest BCUT2D eigenvalue weighted by Crippen LogP contribution is 2.33. The Labute approximate surface area is 193 Å². The van der Waals surface area contributed by atoms with Crippen LogP contribution < -0.4 is 9.47 Å². The number of furan rings is 1. The van der Waals surface area contributed by atoms with E-state index in [0.29, 0.717) is 43.5 Å². The first-order valence-electron chi connectivity index (χ1n) is 11.2. The van der Waals surface area contributed by atoms with Gasteiger partial charge in [0.1, 0.15) is 18.1 Å². The molecule has 0 N–H and O–H groups in total. The maximum atomic E-state index is 13.5. The fraction of sp³-hybridized carbons (Fsp3) is 0.500. The van der Waals surface area contributed by atoms with E-state index in [2.05, 4.69) is 0 Å². The lowest BCUT2D eigenvalue weighted by Gasteiger charge is -2.30. The lowest BCUT2D eigenvalue weighted by Crippen LogP contribution is -2.48. The Morgan fingerprint density at radius 2 is 1.85 bits per heavy atom. The van der Waals surface area contributed by atoms with Crippen molar-refractivity contribution in [3.63, 3.8) is 0 Å². The van der Waals surface area contributed by atoms with Gasteiger partial charge in [-0.25, -0.2) is 4.79 Å². The molecular weight excluding hydrogens is 426 g/mol. The molecule has 0 saturated carbocycles. The summed E-state index contributed by atoms with van der Waals surface area (Å²) in [4.78, 5) is 31.0. The van der Waals surface area contributed by atoms with Crippen molar-refractivity contribution in [2.75, 3.05) is 40.6 Å². The number of carbonyl (C=O) groups excluding carboxylic acids is 2. The Morgan fingerprint density at radius 3 is 2.55 bits per heavy atom. The molecule has 1 fully saturated rings. The van der Waals surface area contributed by atoms with Gasteiger partial charge in [0.2, 0.25) is 12.7 Å². The van der Waals surface area contributed by atoms with Gasteiger partial charge in [-0.3, -0.25) is 4.79 Å². The molecule has 1 aromatic carbocycles. The molecule has 0 aliphatic carbocycles. The molecule has 33 heavy (non-hydrogen) atoms. The van der Waals surface area contributed by atoms with E-state index >= 15 is 0 Å². The van der Waals surface area contributed by atoms with Gasteiger partial charge in [-0.2, -0.15) is 0 Å². The van der Waals surface area contributed by atoms with Crippen molar-refractivity contribution < 1.29 is 28.2 Å². The van der Waals surface area contributed by atoms with Gasteiger partial charge in [0.25, 0.3) is 0 Å². The summed E-state index contributed by atoms with van der Waals surface area (Å²) >= 11 is 0. The van der Waals surface area contributed by atoms with Gasteiger partial charge in [0, 0.05) is 33.8 Å². The standard InChI is InChI=1S/C24H31N3O6/c1-17-6-8-20(33-17)14-26(12-18-7-9-21-22(11-18)32-16-31-21)23(28)15-27(24(29)25(2)3)13-19-5-4-10-30-19/h6-9,11,19H,4-5,10,12-16H2,1-3H3. The Bertz CT molecular complexity index is 982. The first kappa shape index (κ1) is 23.0. The van der Waals surface area contributed by atoms with Gasteiger partial charge in [0.05, 0.1) is 12.6 Å². The Balaban J connectivity index is 1.52. The topological polar surface area (TPSA) is 84.7 Å². The van der Waals surface area contributed by atoms with E-state index in [0.717, 1.165) is 24.2 Å². The molecule has 1 unspecified atom stereocenters. The van der Waals surface area contributed by atoms with Crippen LogP contribution in [0.3, 0.4) is 0 Å². The number of hydrogen-bond acceptors (Lipinski definition) is 6. The van der Waals surface area contributed by atoms with Crippen LogP contribution in [0.5, 0.6) is 11.5 Å². The summed E-state index contributed by atoms with van der Waals surface area (Å²) in [7, 11) is 3.37. The van der Waals surface area contributed by atoms with E-state index in [4.69, 9.17) is 18.6 Å². The van der Waals surface area contributed by atoms with Crippen LogP contribution in [0.4, 0.5) is 4.79 Å². The van der Waals surface area contributed by atoms with Gasteiger partial charge in [-0.1, -0.05) is 6.07 Å². The number of fused-ring (bicyclic) bond motifs is 1. The van der Waals surface area contributed by atoms with Crippen LogP contribution in [-0.2, 0) is 22.6 Å². The van der Waals surface area contributed by atoms with Crippen LogP contribution in [0, 0.1) is 6.92 Å². The normalized spacial score (nSPS) is 16.6. The number of ether oxygens (including phenoxy) is 3. The fourth-order valence-electron chi connectivity index (χ4n) is 4.04. The second-order valence-corrected chi connectivity index (χ2v) is 8.64. The molecule has 0 spiro atoms. The maximum absolute atomic E-state index is 13.5. The molecule has 2 aliphatic heterocycles. The van der Waals surface area contributed by atoms with E-state index in [9.17, 15) is 9.59 Å². The van der Waals surface area contributed by atoms with E-state index < -0.39 is 0 Å². The fourth-order valence-corrected chi connectivity index (χ4v) is 4.04. The summed E-state index contributed by atoms with van der Waals surface area (Å²) in [6.07, 6.45) is 1.81. The summed E-state index contributed by atoms with van der Waals surface area (Å²) < 4.78 is 22.3. The number of nitrogens with zero attached hydrogens (tertiary/aromatic N) is 3. The number of urea groups is 1. The van der Waals surface area contributed by atoms with Crippen molar-refractivity contribution in [2.45, 2.75) is 39.0 Å². The summed E-state index contributed by atoms with van der Waals surface area (Å²) in [6, 6.07) is 9.16. The summed E-state index contributed by atoms with van der Waals surface area (Å²) in [6.45, 7) is 3.74. The molecule has 0 radical (unpaired) electrons. The van der Waals surface area contributed by atoms with E-state index in [1.54, 1.807) is 23.9 Å². The third-order valence-electron chi connectivity index (χ3n) is 5.73. The zero-order chi connectivity index (χ0) is 23.4. The van der Waals surface area contributed by atoms with Crippen LogP contribution in [0.1, 0.15) is 29.9 Å². The molecule has 9 nitrogen and oxygen atoms in total. The first-order chi connectivity index (χ1) is 15.9. The lowest BCUT2D eigenvalue weighted by molar-refractivity contribution is -0.133. The van der Waals surface area contributed by atoms with E-state index in [1.807, 2.05) is 37.3 Å². The minimum Gasteiger partial charge on any atom is -0.464 e. The Kier molecular flexibility index (Phi) is 7.08. The number of hydrogen-bond donors (Lipinski definition) is 0. The molecule has 9 heteroatoms.